The molecule has 11 heavy (non-hydrogen) atoms. The summed E-state index contributed by atoms with van der Waals surface area (Å²) >= 11 is 0. The van der Waals surface area contributed by atoms with Crippen molar-refractivity contribution in [1.29, 1.82) is 0 Å². The Morgan fingerprint density at radius 2 is 1.45 bits per heavy atom. The molecular weight excluding hydrogens is 153 g/mol. The van der Waals surface area contributed by atoms with E-state index in [9.17, 15) is 13.2 Å². The first-order chi connectivity index (χ1) is 4.65. The van der Waals surface area contributed by atoms with Crippen LogP contribution in [-0.2, 0) is 0 Å². The van der Waals surface area contributed by atoms with Crippen molar-refractivity contribution in [2.24, 2.45) is 5.41 Å². The molecule has 0 nitrogen and oxygen atoms in total. The van der Waals surface area contributed by atoms with Crippen LogP contribution in [0.3, 0.4) is 0 Å². The van der Waals surface area contributed by atoms with Crippen molar-refractivity contribution >= 4 is 0 Å². The van der Waals surface area contributed by atoms with Crippen LogP contribution in [0.1, 0.15) is 34.1 Å². The molecular formula is C8H14F3. The van der Waals surface area contributed by atoms with Gasteiger partial charge in [0.05, 0.1) is 0 Å². The SMILES string of the molecule is C[C](C)C(C)(C)CC(F)(F)F. The molecule has 0 spiro atoms. The lowest BCUT2D eigenvalue weighted by Gasteiger charge is -2.29. The highest BCUT2D eigenvalue weighted by molar-refractivity contribution is 4.95. The highest BCUT2D eigenvalue weighted by Crippen LogP contribution is 2.39. The first kappa shape index (κ1) is 10.8. The molecule has 0 aliphatic heterocycles. The Labute approximate surface area is 65.8 Å². The predicted molar refractivity (Wildman–Crippen MR) is 39.0 cm³/mol. The molecule has 0 aromatic carbocycles. The second-order valence-electron chi connectivity index (χ2n) is 3.68. The van der Waals surface area contributed by atoms with Crippen LogP contribution in [0.25, 0.3) is 0 Å². The van der Waals surface area contributed by atoms with E-state index in [1.807, 2.05) is 0 Å². The van der Waals surface area contributed by atoms with Crippen LogP contribution in [0.4, 0.5) is 13.2 Å². The molecule has 0 saturated carbocycles. The van der Waals surface area contributed by atoms with E-state index >= 15 is 0 Å². The van der Waals surface area contributed by atoms with Crippen LogP contribution < -0.4 is 0 Å². The molecule has 0 N–H and O–H groups in total. The third-order valence-corrected chi connectivity index (χ3v) is 2.00. The van der Waals surface area contributed by atoms with E-state index in [0.717, 1.165) is 5.92 Å². The zero-order valence-corrected chi connectivity index (χ0v) is 7.34. The van der Waals surface area contributed by atoms with E-state index < -0.39 is 18.0 Å². The lowest BCUT2D eigenvalue weighted by Crippen LogP contribution is -2.25. The monoisotopic (exact) mass is 167 g/mol. The molecule has 0 unspecified atom stereocenters. The Balaban J connectivity index is 4.13. The molecule has 0 rings (SSSR count). The van der Waals surface area contributed by atoms with Crippen molar-refractivity contribution < 1.29 is 13.2 Å². The molecule has 3 heteroatoms. The average molecular weight is 167 g/mol. The fraction of sp³-hybridized carbons (Fsp3) is 0.875. The molecule has 0 fully saturated rings. The zero-order valence-electron chi connectivity index (χ0n) is 7.34. The number of hydrogen-bond acceptors (Lipinski definition) is 0. The van der Waals surface area contributed by atoms with Crippen LogP contribution in [0.15, 0.2) is 0 Å². The van der Waals surface area contributed by atoms with Gasteiger partial charge in [0.2, 0.25) is 0 Å². The third-order valence-electron chi connectivity index (χ3n) is 2.00. The summed E-state index contributed by atoms with van der Waals surface area (Å²) < 4.78 is 35.7. The minimum absolute atomic E-state index is 0.724. The number of rotatable bonds is 2. The van der Waals surface area contributed by atoms with Gasteiger partial charge in [0.1, 0.15) is 0 Å². The fourth-order valence-corrected chi connectivity index (χ4v) is 0.678. The second kappa shape index (κ2) is 3.03. The zero-order chi connectivity index (χ0) is 9.28. The topological polar surface area (TPSA) is 0 Å². The molecule has 0 saturated heterocycles. The standard InChI is InChI=1S/C8H14F3/c1-6(2)7(3,4)5-8(9,10)11/h5H2,1-4H3. The summed E-state index contributed by atoms with van der Waals surface area (Å²) in [6.45, 7) is 6.67. The van der Waals surface area contributed by atoms with E-state index in [0.29, 0.717) is 0 Å². The van der Waals surface area contributed by atoms with E-state index in [-0.39, 0.29) is 0 Å². The first-order valence-corrected chi connectivity index (χ1v) is 3.52. The maximum Gasteiger partial charge on any atom is 0.389 e. The average Bonchev–Trinajstić information content (AvgIpc) is 1.56. The molecule has 0 atom stereocenters. The smallest absolute Gasteiger partial charge is 0.171 e. The van der Waals surface area contributed by atoms with Crippen LogP contribution in [0, 0.1) is 11.3 Å². The summed E-state index contributed by atoms with van der Waals surface area (Å²) in [5.74, 6) is 0.815. The maximum atomic E-state index is 11.9. The van der Waals surface area contributed by atoms with Crippen molar-refractivity contribution in [3.05, 3.63) is 5.92 Å². The number of hydrogen-bond donors (Lipinski definition) is 0. The Bertz CT molecular complexity index is 122. The van der Waals surface area contributed by atoms with Gasteiger partial charge < -0.3 is 0 Å². The Morgan fingerprint density at radius 3 is 1.55 bits per heavy atom. The van der Waals surface area contributed by atoms with Gasteiger partial charge in [-0.1, -0.05) is 27.7 Å². The first-order valence-electron chi connectivity index (χ1n) is 3.52. The van der Waals surface area contributed by atoms with Gasteiger partial charge in [0.25, 0.3) is 0 Å². The predicted octanol–water partition coefficient (Wildman–Crippen LogP) is 3.58. The van der Waals surface area contributed by atoms with Crippen LogP contribution in [0.2, 0.25) is 0 Å². The van der Waals surface area contributed by atoms with E-state index in [4.69, 9.17) is 0 Å². The molecule has 1 radical (unpaired) electrons. The fourth-order valence-electron chi connectivity index (χ4n) is 0.678. The van der Waals surface area contributed by atoms with Gasteiger partial charge in [-0.05, 0) is 11.3 Å². The van der Waals surface area contributed by atoms with Gasteiger partial charge in [0, 0.05) is 6.42 Å². The van der Waals surface area contributed by atoms with E-state index in [1.54, 1.807) is 27.7 Å². The highest BCUT2D eigenvalue weighted by atomic mass is 19.4. The van der Waals surface area contributed by atoms with Gasteiger partial charge in [-0.2, -0.15) is 13.2 Å². The molecule has 0 aromatic rings. The molecule has 0 amide bonds. The lowest BCUT2D eigenvalue weighted by molar-refractivity contribution is -0.152. The molecule has 0 aliphatic carbocycles. The Hall–Kier alpha value is -0.210. The summed E-state index contributed by atoms with van der Waals surface area (Å²) in [5.41, 5.74) is -0.724. The highest BCUT2D eigenvalue weighted by Gasteiger charge is 2.38. The Kier molecular flexibility index (Phi) is 2.98. The molecule has 0 heterocycles. The Morgan fingerprint density at radius 1 is 1.09 bits per heavy atom. The normalized spacial score (nSPS) is 14.2. The van der Waals surface area contributed by atoms with Crippen LogP contribution >= 0.6 is 0 Å². The van der Waals surface area contributed by atoms with Crippen molar-refractivity contribution in [2.45, 2.75) is 40.3 Å². The van der Waals surface area contributed by atoms with E-state index in [1.165, 1.54) is 0 Å². The summed E-state index contributed by atoms with van der Waals surface area (Å²) in [6.07, 6.45) is -4.79. The van der Waals surface area contributed by atoms with Gasteiger partial charge >= 0.3 is 6.18 Å². The molecule has 67 valence electrons. The van der Waals surface area contributed by atoms with Crippen LogP contribution in [0.5, 0.6) is 0 Å². The summed E-state index contributed by atoms with van der Waals surface area (Å²) in [5, 5.41) is 0. The van der Waals surface area contributed by atoms with Crippen molar-refractivity contribution in [1.82, 2.24) is 0 Å². The minimum Gasteiger partial charge on any atom is -0.171 e. The van der Waals surface area contributed by atoms with Gasteiger partial charge in [-0.3, -0.25) is 0 Å². The van der Waals surface area contributed by atoms with Crippen molar-refractivity contribution in [2.75, 3.05) is 0 Å². The molecule has 0 bridgehead atoms. The van der Waals surface area contributed by atoms with Gasteiger partial charge in [-0.15, -0.1) is 0 Å². The molecule has 0 aromatic heterocycles. The quantitative estimate of drug-likeness (QED) is 0.589. The third kappa shape index (κ3) is 4.27. The van der Waals surface area contributed by atoms with Crippen molar-refractivity contribution in [3.8, 4) is 0 Å². The van der Waals surface area contributed by atoms with E-state index in [2.05, 4.69) is 0 Å². The summed E-state index contributed by atoms with van der Waals surface area (Å²) in [7, 11) is 0. The van der Waals surface area contributed by atoms with Crippen molar-refractivity contribution in [3.63, 3.8) is 0 Å². The number of halogens is 3. The minimum atomic E-state index is -4.05. The van der Waals surface area contributed by atoms with Crippen LogP contribution in [-0.4, -0.2) is 6.18 Å². The maximum absolute atomic E-state index is 11.9. The lowest BCUT2D eigenvalue weighted by atomic mass is 9.78. The molecule has 0 aliphatic rings. The second-order valence-corrected chi connectivity index (χ2v) is 3.68. The summed E-state index contributed by atoms with van der Waals surface area (Å²) in [6, 6.07) is 0. The summed E-state index contributed by atoms with van der Waals surface area (Å²) in [4.78, 5) is 0. The van der Waals surface area contributed by atoms with Gasteiger partial charge in [-0.25, -0.2) is 0 Å². The largest absolute Gasteiger partial charge is 0.389 e. The van der Waals surface area contributed by atoms with Gasteiger partial charge in [0.15, 0.2) is 0 Å². The number of alkyl halides is 3.